The number of carbonyl (C=O) groups is 3. The first-order valence-corrected chi connectivity index (χ1v) is 14.2. The lowest BCUT2D eigenvalue weighted by Crippen LogP contribution is -2.35. The van der Waals surface area contributed by atoms with Gasteiger partial charge in [0.25, 0.3) is 0 Å². The Bertz CT molecular complexity index is 1490. The number of halogens is 2. The minimum absolute atomic E-state index is 0.0330. The van der Waals surface area contributed by atoms with Crippen LogP contribution in [0.4, 0.5) is 19.7 Å². The van der Waals surface area contributed by atoms with Gasteiger partial charge in [-0.15, -0.1) is 0 Å². The Balaban J connectivity index is 1.45. The van der Waals surface area contributed by atoms with Crippen LogP contribution in [0.25, 0.3) is 22.4 Å². The number of aliphatic carboxylic acids is 1. The van der Waals surface area contributed by atoms with E-state index in [2.05, 4.69) is 9.97 Å². The molecule has 1 aromatic carbocycles. The molecule has 1 fully saturated rings. The number of hydrogen-bond acceptors (Lipinski definition) is 7. The second-order valence-corrected chi connectivity index (χ2v) is 11.4. The van der Waals surface area contributed by atoms with Crippen LogP contribution in [0.15, 0.2) is 30.5 Å². The molecule has 1 saturated heterocycles. The molecule has 0 radical (unpaired) electrons. The second kappa shape index (κ2) is 12.0. The van der Waals surface area contributed by atoms with Crippen LogP contribution in [0, 0.1) is 22.8 Å². The van der Waals surface area contributed by atoms with Gasteiger partial charge in [0.15, 0.2) is 5.13 Å². The summed E-state index contributed by atoms with van der Waals surface area (Å²) in [5.74, 6) is -2.26. The van der Waals surface area contributed by atoms with Crippen molar-refractivity contribution in [3.8, 4) is 22.4 Å². The third-order valence-electron chi connectivity index (χ3n) is 7.71. The summed E-state index contributed by atoms with van der Waals surface area (Å²) < 4.78 is 35.3. The van der Waals surface area contributed by atoms with E-state index >= 15 is 4.39 Å². The van der Waals surface area contributed by atoms with E-state index in [-0.39, 0.29) is 34.6 Å². The Morgan fingerprint density at radius 2 is 1.95 bits per heavy atom. The van der Waals surface area contributed by atoms with E-state index in [1.54, 1.807) is 13.2 Å². The molecule has 2 amide bonds. The number of aryl methyl sites for hydroxylation is 1. The van der Waals surface area contributed by atoms with E-state index < -0.39 is 28.7 Å². The molecule has 9 nitrogen and oxygen atoms in total. The molecule has 12 heteroatoms. The lowest BCUT2D eigenvalue weighted by atomic mass is 9.86. The zero-order valence-corrected chi connectivity index (χ0v) is 23.5. The zero-order chi connectivity index (χ0) is 29.3. The van der Waals surface area contributed by atoms with Crippen molar-refractivity contribution in [1.29, 1.82) is 0 Å². The van der Waals surface area contributed by atoms with Gasteiger partial charge in [0.1, 0.15) is 17.3 Å². The quantitative estimate of drug-likeness (QED) is 0.400. The molecule has 41 heavy (non-hydrogen) atoms. The monoisotopic (exact) mass is 584 g/mol. The van der Waals surface area contributed by atoms with Crippen LogP contribution in [-0.2, 0) is 25.5 Å². The van der Waals surface area contributed by atoms with Gasteiger partial charge >= 0.3 is 5.97 Å². The highest BCUT2D eigenvalue weighted by Crippen LogP contribution is 2.39. The minimum Gasteiger partial charge on any atom is -0.481 e. The smallest absolute Gasteiger partial charge is 0.304 e. The molecule has 0 unspecified atom stereocenters. The van der Waals surface area contributed by atoms with Crippen LogP contribution in [-0.4, -0.2) is 60.2 Å². The number of anilines is 2. The summed E-state index contributed by atoms with van der Waals surface area (Å²) in [5, 5.41) is 8.79. The molecule has 0 saturated carbocycles. The fourth-order valence-electron chi connectivity index (χ4n) is 5.46. The lowest BCUT2D eigenvalue weighted by molar-refractivity contribution is -0.141. The van der Waals surface area contributed by atoms with Gasteiger partial charge in [0, 0.05) is 57.0 Å². The van der Waals surface area contributed by atoms with Crippen LogP contribution in [0.1, 0.15) is 37.7 Å². The minimum atomic E-state index is -1.09. The molecule has 2 aliphatic heterocycles. The number of carboxylic acid groups (broad SMARTS) is 1. The predicted molar refractivity (Wildman–Crippen MR) is 150 cm³/mol. The lowest BCUT2D eigenvalue weighted by Gasteiger charge is -2.27. The van der Waals surface area contributed by atoms with Crippen molar-refractivity contribution in [3.05, 3.63) is 47.0 Å². The van der Waals surface area contributed by atoms with Crippen molar-refractivity contribution in [2.24, 2.45) is 11.8 Å². The van der Waals surface area contributed by atoms with Crippen molar-refractivity contribution in [2.75, 3.05) is 37.1 Å². The molecule has 3 aromatic rings. The van der Waals surface area contributed by atoms with Gasteiger partial charge < -0.3 is 9.84 Å². The van der Waals surface area contributed by atoms with Gasteiger partial charge in [0.2, 0.25) is 16.9 Å². The first kappa shape index (κ1) is 28.7. The number of pyridine rings is 1. The number of amides is 2. The van der Waals surface area contributed by atoms with E-state index in [0.29, 0.717) is 60.8 Å². The van der Waals surface area contributed by atoms with E-state index in [1.807, 2.05) is 6.07 Å². The summed E-state index contributed by atoms with van der Waals surface area (Å²) in [5.41, 5.74) is 2.02. The Hall–Kier alpha value is -3.77. The fourth-order valence-corrected chi connectivity index (χ4v) is 6.24. The van der Waals surface area contributed by atoms with Crippen molar-refractivity contribution in [2.45, 2.75) is 38.5 Å². The Morgan fingerprint density at radius 3 is 2.68 bits per heavy atom. The van der Waals surface area contributed by atoms with Gasteiger partial charge in [-0.3, -0.25) is 24.2 Å². The predicted octanol–water partition coefficient (Wildman–Crippen LogP) is 4.93. The first-order valence-electron chi connectivity index (χ1n) is 13.4. The summed E-state index contributed by atoms with van der Waals surface area (Å²) in [6.07, 6.45) is 3.93. The number of ether oxygens (including phenoxy) is 1. The molecule has 2 aromatic heterocycles. The fraction of sp³-hybridized carbons (Fsp3) is 0.414. The summed E-state index contributed by atoms with van der Waals surface area (Å²) in [6.45, 7) is 1.14. The van der Waals surface area contributed by atoms with Crippen molar-refractivity contribution < 1.29 is 33.0 Å². The molecule has 1 N–H and O–H groups in total. The molecule has 2 aliphatic rings. The van der Waals surface area contributed by atoms with E-state index in [1.165, 1.54) is 35.0 Å². The second-order valence-electron chi connectivity index (χ2n) is 10.5. The summed E-state index contributed by atoms with van der Waals surface area (Å²) >= 11 is 0.639. The normalized spacial score (nSPS) is 16.4. The molecule has 4 heterocycles. The van der Waals surface area contributed by atoms with Gasteiger partial charge in [-0.2, -0.15) is 4.39 Å². The van der Waals surface area contributed by atoms with Crippen LogP contribution < -0.4 is 9.80 Å². The number of carbonyl (C=O) groups excluding carboxylic acids is 2. The van der Waals surface area contributed by atoms with E-state index in [0.717, 1.165) is 18.4 Å². The maximum atomic E-state index is 15.4. The average molecular weight is 585 g/mol. The van der Waals surface area contributed by atoms with Crippen LogP contribution in [0.3, 0.4) is 0 Å². The van der Waals surface area contributed by atoms with Crippen molar-refractivity contribution in [3.63, 3.8) is 0 Å². The van der Waals surface area contributed by atoms with Crippen LogP contribution in [0.5, 0.6) is 0 Å². The first-order chi connectivity index (χ1) is 19.6. The highest BCUT2D eigenvalue weighted by Gasteiger charge is 2.31. The SMILES string of the molecule is CN(C(=O)[C@@H](CC(=O)O)CC1CCOCC1)c1nc(-c2cc(F)ccc2-c2cnc3c(c2)CCC(=O)N3C)c(F)s1. The maximum Gasteiger partial charge on any atom is 0.304 e. The van der Waals surface area contributed by atoms with Gasteiger partial charge in [0.05, 0.1) is 6.42 Å². The molecule has 5 rings (SSSR count). The number of rotatable bonds is 8. The molecular weight excluding hydrogens is 554 g/mol. The average Bonchev–Trinajstić information content (AvgIpc) is 3.35. The Morgan fingerprint density at radius 1 is 1.20 bits per heavy atom. The number of aromatic nitrogens is 2. The van der Waals surface area contributed by atoms with Crippen LogP contribution >= 0.6 is 11.3 Å². The number of fused-ring (bicyclic) bond motifs is 1. The van der Waals surface area contributed by atoms with Crippen LogP contribution in [0.2, 0.25) is 0 Å². The zero-order valence-electron chi connectivity index (χ0n) is 22.7. The maximum absolute atomic E-state index is 15.4. The summed E-state index contributed by atoms with van der Waals surface area (Å²) in [6, 6.07) is 5.83. The van der Waals surface area contributed by atoms with E-state index in [4.69, 9.17) is 4.74 Å². The molecule has 1 atom stereocenters. The number of benzene rings is 1. The number of nitrogens with zero attached hydrogens (tertiary/aromatic N) is 4. The molecule has 0 aliphatic carbocycles. The Labute approximate surface area is 239 Å². The largest absolute Gasteiger partial charge is 0.481 e. The standard InChI is InChI=1S/C29H30F2N4O5S/c1-34-23(36)6-3-17-12-19(15-32-27(17)34)21-5-4-20(30)14-22(21)25-26(31)41-29(33-25)35(2)28(39)18(13-24(37)38)11-16-7-9-40-10-8-16/h4-5,12,14-16,18H,3,6-11,13H2,1-2H3,(H,37,38)/t18-/m1/s1. The van der Waals surface area contributed by atoms with Gasteiger partial charge in [-0.05, 0) is 60.9 Å². The molecule has 216 valence electrons. The number of carboxylic acids is 1. The third-order valence-corrected chi connectivity index (χ3v) is 8.63. The van der Waals surface area contributed by atoms with Gasteiger partial charge in [-0.25, -0.2) is 14.4 Å². The van der Waals surface area contributed by atoms with Gasteiger partial charge in [-0.1, -0.05) is 17.4 Å². The van der Waals surface area contributed by atoms with E-state index in [9.17, 15) is 23.9 Å². The highest BCUT2D eigenvalue weighted by atomic mass is 32.1. The van der Waals surface area contributed by atoms with Crippen molar-refractivity contribution >= 4 is 40.1 Å². The topological polar surface area (TPSA) is 113 Å². The summed E-state index contributed by atoms with van der Waals surface area (Å²) in [7, 11) is 3.10. The number of hydrogen-bond donors (Lipinski definition) is 1. The Kier molecular flexibility index (Phi) is 8.41. The third kappa shape index (κ3) is 6.13. The molecule has 0 spiro atoms. The molecule has 0 bridgehead atoms. The molecular formula is C29H30F2N4O5S. The summed E-state index contributed by atoms with van der Waals surface area (Å²) in [4.78, 5) is 48.6. The highest BCUT2D eigenvalue weighted by molar-refractivity contribution is 7.14. The number of thiazole rings is 1. The van der Waals surface area contributed by atoms with Crippen molar-refractivity contribution in [1.82, 2.24) is 9.97 Å².